The third-order valence-electron chi connectivity index (χ3n) is 3.09. The molecule has 2 heterocycles. The highest BCUT2D eigenvalue weighted by Gasteiger charge is 2.33. The van der Waals surface area contributed by atoms with Gasteiger partial charge in [-0.25, -0.2) is 4.79 Å². The largest absolute Gasteiger partial charge is 0.480 e. The van der Waals surface area contributed by atoms with Crippen molar-refractivity contribution in [2.45, 2.75) is 32.2 Å². The van der Waals surface area contributed by atoms with Crippen LogP contribution in [0.25, 0.3) is 0 Å². The van der Waals surface area contributed by atoms with E-state index in [-0.39, 0.29) is 5.91 Å². The Kier molecular flexibility index (Phi) is 3.12. The predicted octanol–water partition coefficient (Wildman–Crippen LogP) is 0.797. The molecule has 1 atom stereocenters. The number of H-pyrrole nitrogens is 1. The average Bonchev–Trinajstić information content (AvgIpc) is 2.74. The molecule has 2 N–H and O–H groups in total. The van der Waals surface area contributed by atoms with Crippen LogP contribution in [0.2, 0.25) is 0 Å². The molecule has 1 aliphatic rings. The molecule has 1 aromatic heterocycles. The maximum Gasteiger partial charge on any atom is 0.326 e. The lowest BCUT2D eigenvalue weighted by Crippen LogP contribution is -2.48. The zero-order valence-electron chi connectivity index (χ0n) is 9.64. The number of hydrogen-bond donors (Lipinski definition) is 2. The van der Waals surface area contributed by atoms with Gasteiger partial charge in [-0.3, -0.25) is 9.89 Å². The molecule has 17 heavy (non-hydrogen) atoms. The van der Waals surface area contributed by atoms with Crippen LogP contribution in [0.3, 0.4) is 0 Å². The maximum absolute atomic E-state index is 12.2. The van der Waals surface area contributed by atoms with Crippen LogP contribution in [0.15, 0.2) is 6.20 Å². The first-order valence-corrected chi connectivity index (χ1v) is 5.65. The van der Waals surface area contributed by atoms with E-state index in [1.165, 1.54) is 4.90 Å². The number of aromatic amines is 1. The highest BCUT2D eigenvalue weighted by Crippen LogP contribution is 2.20. The number of carbonyl (C=O) groups is 2. The van der Waals surface area contributed by atoms with Gasteiger partial charge in [0.05, 0.1) is 6.20 Å². The fourth-order valence-electron chi connectivity index (χ4n) is 2.14. The molecule has 1 aliphatic heterocycles. The third-order valence-corrected chi connectivity index (χ3v) is 3.09. The molecule has 6 nitrogen and oxygen atoms in total. The monoisotopic (exact) mass is 237 g/mol. The van der Waals surface area contributed by atoms with E-state index in [0.717, 1.165) is 18.4 Å². The van der Waals surface area contributed by atoms with Crippen molar-refractivity contribution in [2.75, 3.05) is 6.54 Å². The van der Waals surface area contributed by atoms with E-state index < -0.39 is 12.0 Å². The zero-order valence-corrected chi connectivity index (χ0v) is 9.64. The second-order valence-electron chi connectivity index (χ2n) is 4.28. The number of carbonyl (C=O) groups excluding carboxylic acids is 1. The molecule has 0 spiro atoms. The number of aromatic nitrogens is 2. The molecule has 0 aliphatic carbocycles. The summed E-state index contributed by atoms with van der Waals surface area (Å²) >= 11 is 0. The molecule has 1 unspecified atom stereocenters. The van der Waals surface area contributed by atoms with Crippen LogP contribution in [0.4, 0.5) is 0 Å². The number of nitrogens with zero attached hydrogens (tertiary/aromatic N) is 2. The molecule has 1 aromatic rings. The topological polar surface area (TPSA) is 86.3 Å². The number of aliphatic carboxylic acids is 1. The molecule has 2 rings (SSSR count). The van der Waals surface area contributed by atoms with E-state index >= 15 is 0 Å². The van der Waals surface area contributed by atoms with Gasteiger partial charge in [0.1, 0.15) is 11.7 Å². The van der Waals surface area contributed by atoms with Crippen LogP contribution in [-0.2, 0) is 4.79 Å². The highest BCUT2D eigenvalue weighted by atomic mass is 16.4. The fraction of sp³-hybridized carbons (Fsp3) is 0.545. The first-order chi connectivity index (χ1) is 8.11. The summed E-state index contributed by atoms with van der Waals surface area (Å²) in [6.45, 7) is 2.27. The number of piperidine rings is 1. The van der Waals surface area contributed by atoms with Crippen molar-refractivity contribution in [1.82, 2.24) is 15.1 Å². The van der Waals surface area contributed by atoms with Crippen molar-refractivity contribution >= 4 is 11.9 Å². The molecule has 92 valence electrons. The Labute approximate surface area is 98.6 Å². The smallest absolute Gasteiger partial charge is 0.326 e. The standard InChI is InChI=1S/C11H15N3O3/c1-7-6-12-13-9(7)10(15)14-5-3-2-4-8(14)11(16)17/h6,8H,2-5H2,1H3,(H,12,13)(H,16,17). The summed E-state index contributed by atoms with van der Waals surface area (Å²) in [7, 11) is 0. The van der Waals surface area contributed by atoms with E-state index in [1.54, 1.807) is 13.1 Å². The molecule has 0 bridgehead atoms. The number of rotatable bonds is 2. The van der Waals surface area contributed by atoms with Crippen LogP contribution < -0.4 is 0 Å². The van der Waals surface area contributed by atoms with Crippen LogP contribution in [0.5, 0.6) is 0 Å². The van der Waals surface area contributed by atoms with E-state index in [2.05, 4.69) is 10.2 Å². The Morgan fingerprint density at radius 2 is 2.29 bits per heavy atom. The number of nitrogens with one attached hydrogen (secondary N) is 1. The van der Waals surface area contributed by atoms with E-state index in [1.807, 2.05) is 0 Å². The van der Waals surface area contributed by atoms with Crippen molar-refractivity contribution in [3.8, 4) is 0 Å². The zero-order chi connectivity index (χ0) is 12.4. The number of carboxylic acid groups (broad SMARTS) is 1. The van der Waals surface area contributed by atoms with Crippen LogP contribution >= 0.6 is 0 Å². The number of likely N-dealkylation sites (tertiary alicyclic amines) is 1. The first kappa shape index (κ1) is 11.6. The quantitative estimate of drug-likeness (QED) is 0.796. The van der Waals surface area contributed by atoms with E-state index in [4.69, 9.17) is 5.11 Å². The SMILES string of the molecule is Cc1cn[nH]c1C(=O)N1CCCCC1C(=O)O. The minimum Gasteiger partial charge on any atom is -0.480 e. The number of hydrogen-bond acceptors (Lipinski definition) is 3. The van der Waals surface area contributed by atoms with Gasteiger partial charge < -0.3 is 10.0 Å². The Morgan fingerprint density at radius 3 is 2.88 bits per heavy atom. The molecule has 0 radical (unpaired) electrons. The van der Waals surface area contributed by atoms with E-state index in [9.17, 15) is 9.59 Å². The van der Waals surface area contributed by atoms with Crippen molar-refractivity contribution in [1.29, 1.82) is 0 Å². The van der Waals surface area contributed by atoms with Gasteiger partial charge in [0.15, 0.2) is 0 Å². The van der Waals surface area contributed by atoms with Gasteiger partial charge in [-0.2, -0.15) is 5.10 Å². The summed E-state index contributed by atoms with van der Waals surface area (Å²) in [6, 6.07) is -0.709. The van der Waals surface area contributed by atoms with Crippen molar-refractivity contribution < 1.29 is 14.7 Å². The van der Waals surface area contributed by atoms with Gasteiger partial charge in [-0.05, 0) is 31.7 Å². The molecular formula is C11H15N3O3. The van der Waals surface area contributed by atoms with Crippen molar-refractivity contribution in [3.63, 3.8) is 0 Å². The molecule has 0 saturated carbocycles. The Hall–Kier alpha value is -1.85. The van der Waals surface area contributed by atoms with Gasteiger partial charge in [0.25, 0.3) is 5.91 Å². The van der Waals surface area contributed by atoms with E-state index in [0.29, 0.717) is 18.7 Å². The van der Waals surface area contributed by atoms with Crippen molar-refractivity contribution in [2.24, 2.45) is 0 Å². The summed E-state index contributed by atoms with van der Waals surface area (Å²) < 4.78 is 0. The minimum atomic E-state index is -0.935. The molecule has 1 amide bonds. The van der Waals surface area contributed by atoms with Gasteiger partial charge in [-0.1, -0.05) is 0 Å². The summed E-state index contributed by atoms with van der Waals surface area (Å²) in [5.74, 6) is -1.21. The molecule has 6 heteroatoms. The van der Waals surface area contributed by atoms with Gasteiger partial charge in [0.2, 0.25) is 0 Å². The Morgan fingerprint density at radius 1 is 1.53 bits per heavy atom. The predicted molar refractivity (Wildman–Crippen MR) is 59.6 cm³/mol. The first-order valence-electron chi connectivity index (χ1n) is 5.65. The second kappa shape index (κ2) is 4.57. The molecule has 1 saturated heterocycles. The highest BCUT2D eigenvalue weighted by molar-refractivity contribution is 5.96. The fourth-order valence-corrected chi connectivity index (χ4v) is 2.14. The van der Waals surface area contributed by atoms with Crippen LogP contribution in [-0.4, -0.2) is 44.7 Å². The summed E-state index contributed by atoms with van der Waals surface area (Å²) in [5.41, 5.74) is 1.13. The lowest BCUT2D eigenvalue weighted by molar-refractivity contribution is -0.143. The van der Waals surface area contributed by atoms with Gasteiger partial charge in [-0.15, -0.1) is 0 Å². The number of amides is 1. The lowest BCUT2D eigenvalue weighted by atomic mass is 10.0. The van der Waals surface area contributed by atoms with Crippen LogP contribution in [0.1, 0.15) is 35.3 Å². The normalized spacial score (nSPS) is 20.3. The van der Waals surface area contributed by atoms with Gasteiger partial charge in [0, 0.05) is 6.54 Å². The number of carboxylic acids is 1. The second-order valence-corrected chi connectivity index (χ2v) is 4.28. The molecule has 0 aromatic carbocycles. The average molecular weight is 237 g/mol. The van der Waals surface area contributed by atoms with Crippen LogP contribution in [0, 0.1) is 6.92 Å². The Balaban J connectivity index is 2.23. The van der Waals surface area contributed by atoms with Crippen molar-refractivity contribution in [3.05, 3.63) is 17.5 Å². The summed E-state index contributed by atoms with van der Waals surface area (Å²) in [4.78, 5) is 24.7. The third kappa shape index (κ3) is 2.15. The molecule has 1 fully saturated rings. The number of aryl methyl sites for hydroxylation is 1. The Bertz CT molecular complexity index is 441. The molecular weight excluding hydrogens is 222 g/mol. The minimum absolute atomic E-state index is 0.271. The van der Waals surface area contributed by atoms with Gasteiger partial charge >= 0.3 is 5.97 Å². The summed E-state index contributed by atoms with van der Waals surface area (Å²) in [5, 5.41) is 15.5. The summed E-state index contributed by atoms with van der Waals surface area (Å²) in [6.07, 6.45) is 3.78. The maximum atomic E-state index is 12.2. The lowest BCUT2D eigenvalue weighted by Gasteiger charge is -2.32.